The summed E-state index contributed by atoms with van der Waals surface area (Å²) >= 11 is 6.46. The largest absolute Gasteiger partial charge is 0.489 e. The Balaban J connectivity index is 1.37. The molecule has 2 N–H and O–H groups in total. The van der Waals surface area contributed by atoms with Gasteiger partial charge in [-0.1, -0.05) is 47.7 Å². The molecule has 0 spiro atoms. The van der Waals surface area contributed by atoms with Gasteiger partial charge in [-0.2, -0.15) is 0 Å². The number of hydrogen-bond acceptors (Lipinski definition) is 5. The second-order valence-electron chi connectivity index (χ2n) is 6.34. The Morgan fingerprint density at radius 3 is 2.73 bits per heavy atom. The maximum atomic E-state index is 13.3. The molecule has 1 aromatic heterocycles. The van der Waals surface area contributed by atoms with Crippen LogP contribution in [0.25, 0.3) is 10.2 Å². The van der Waals surface area contributed by atoms with Crippen LogP contribution >= 0.6 is 23.6 Å². The molecule has 0 aliphatic rings. The number of benzene rings is 3. The van der Waals surface area contributed by atoms with Crippen LogP contribution in [0.15, 0.2) is 72.8 Å². The van der Waals surface area contributed by atoms with E-state index >= 15 is 0 Å². The molecular formula is C22H16FN3O2S2. The monoisotopic (exact) mass is 437 g/mol. The van der Waals surface area contributed by atoms with Crippen molar-refractivity contribution in [3.63, 3.8) is 0 Å². The number of thiazole rings is 1. The van der Waals surface area contributed by atoms with E-state index in [1.807, 2.05) is 30.3 Å². The molecular weight excluding hydrogens is 421 g/mol. The minimum absolute atomic E-state index is 0.107. The number of anilines is 1. The topological polar surface area (TPSA) is 63.2 Å². The zero-order valence-electron chi connectivity index (χ0n) is 15.6. The molecule has 4 rings (SSSR count). The number of amides is 1. The molecule has 1 heterocycles. The van der Waals surface area contributed by atoms with E-state index in [1.165, 1.54) is 23.5 Å². The quantitative estimate of drug-likeness (QED) is 0.423. The predicted molar refractivity (Wildman–Crippen MR) is 120 cm³/mol. The molecule has 0 saturated carbocycles. The molecule has 0 unspecified atom stereocenters. The van der Waals surface area contributed by atoms with E-state index in [9.17, 15) is 9.18 Å². The third-order valence-corrected chi connectivity index (χ3v) is 5.28. The molecule has 3 aromatic carbocycles. The standard InChI is InChI=1S/C22H16FN3O2S2/c23-16-9-10-18-19(12-16)30-22(24-18)26-21(29)25-20(27)15-7-4-8-17(11-15)28-13-14-5-2-1-3-6-14/h1-12H,13H2,(H2,24,25,26,27,29). The zero-order valence-corrected chi connectivity index (χ0v) is 17.2. The molecule has 0 bridgehead atoms. The summed E-state index contributed by atoms with van der Waals surface area (Å²) in [7, 11) is 0. The lowest BCUT2D eigenvalue weighted by molar-refractivity contribution is 0.0977. The Morgan fingerprint density at radius 2 is 1.90 bits per heavy atom. The maximum Gasteiger partial charge on any atom is 0.257 e. The fraction of sp³-hybridized carbons (Fsp3) is 0.0455. The Bertz CT molecular complexity index is 1210. The molecule has 0 saturated heterocycles. The Morgan fingerprint density at radius 1 is 1.07 bits per heavy atom. The molecule has 0 aliphatic carbocycles. The molecule has 8 heteroatoms. The summed E-state index contributed by atoms with van der Waals surface area (Å²) in [5, 5.41) is 6.07. The number of fused-ring (bicyclic) bond motifs is 1. The average molecular weight is 438 g/mol. The van der Waals surface area contributed by atoms with Crippen LogP contribution in [-0.2, 0) is 6.61 Å². The highest BCUT2D eigenvalue weighted by Crippen LogP contribution is 2.26. The molecule has 5 nitrogen and oxygen atoms in total. The van der Waals surface area contributed by atoms with Gasteiger partial charge in [0.1, 0.15) is 18.2 Å². The van der Waals surface area contributed by atoms with Crippen LogP contribution in [0.2, 0.25) is 0 Å². The van der Waals surface area contributed by atoms with Gasteiger partial charge in [0, 0.05) is 5.56 Å². The Labute approximate surface area is 181 Å². The second-order valence-corrected chi connectivity index (χ2v) is 7.78. The number of nitrogens with zero attached hydrogens (tertiary/aromatic N) is 1. The van der Waals surface area contributed by atoms with Crippen LogP contribution < -0.4 is 15.4 Å². The van der Waals surface area contributed by atoms with Crippen LogP contribution in [0.5, 0.6) is 5.75 Å². The third kappa shape index (κ3) is 4.97. The number of thiocarbonyl (C=S) groups is 1. The minimum atomic E-state index is -0.371. The van der Waals surface area contributed by atoms with Gasteiger partial charge in [0.2, 0.25) is 0 Å². The van der Waals surface area contributed by atoms with Crippen molar-refractivity contribution in [3.8, 4) is 5.75 Å². The first-order valence-corrected chi connectivity index (χ1v) is 10.2. The van der Waals surface area contributed by atoms with Crippen molar-refractivity contribution < 1.29 is 13.9 Å². The molecule has 0 aliphatic heterocycles. The third-order valence-electron chi connectivity index (χ3n) is 4.14. The highest BCUT2D eigenvalue weighted by molar-refractivity contribution is 7.80. The molecule has 0 atom stereocenters. The van der Waals surface area contributed by atoms with Gasteiger partial charge in [0.15, 0.2) is 10.2 Å². The second kappa shape index (κ2) is 8.98. The number of carbonyl (C=O) groups excluding carboxylic acids is 1. The van der Waals surface area contributed by atoms with E-state index < -0.39 is 0 Å². The van der Waals surface area contributed by atoms with E-state index in [-0.39, 0.29) is 16.8 Å². The molecule has 0 fully saturated rings. The molecule has 30 heavy (non-hydrogen) atoms. The van der Waals surface area contributed by atoms with Gasteiger partial charge >= 0.3 is 0 Å². The SMILES string of the molecule is O=C(NC(=S)Nc1nc2ccc(F)cc2s1)c1cccc(OCc2ccccc2)c1. The molecule has 4 aromatic rings. The van der Waals surface area contributed by atoms with E-state index in [4.69, 9.17) is 17.0 Å². The van der Waals surface area contributed by atoms with E-state index in [0.717, 1.165) is 5.56 Å². The zero-order chi connectivity index (χ0) is 20.9. The lowest BCUT2D eigenvalue weighted by Gasteiger charge is -2.09. The molecule has 150 valence electrons. The van der Waals surface area contributed by atoms with Gasteiger partial charge in [-0.3, -0.25) is 10.1 Å². The van der Waals surface area contributed by atoms with Crippen LogP contribution in [0.4, 0.5) is 9.52 Å². The summed E-state index contributed by atoms with van der Waals surface area (Å²) in [6, 6.07) is 21.0. The van der Waals surface area contributed by atoms with Crippen LogP contribution in [0.3, 0.4) is 0 Å². The van der Waals surface area contributed by atoms with Gasteiger partial charge in [0.25, 0.3) is 5.91 Å². The highest BCUT2D eigenvalue weighted by atomic mass is 32.1. The van der Waals surface area contributed by atoms with Crippen molar-refractivity contribution in [2.24, 2.45) is 0 Å². The fourth-order valence-electron chi connectivity index (χ4n) is 2.72. The minimum Gasteiger partial charge on any atom is -0.489 e. The first-order valence-electron chi connectivity index (χ1n) is 9.02. The van der Waals surface area contributed by atoms with Crippen molar-refractivity contribution >= 4 is 49.9 Å². The summed E-state index contributed by atoms with van der Waals surface area (Å²) in [6.45, 7) is 0.407. The number of ether oxygens (including phenoxy) is 1. The van der Waals surface area contributed by atoms with Gasteiger partial charge in [-0.05, 0) is 54.2 Å². The van der Waals surface area contributed by atoms with Gasteiger partial charge in [-0.25, -0.2) is 9.37 Å². The van der Waals surface area contributed by atoms with Crippen molar-refractivity contribution in [1.29, 1.82) is 0 Å². The number of carbonyl (C=O) groups is 1. The molecule has 0 radical (unpaired) electrons. The Hall–Kier alpha value is -3.36. The summed E-state index contributed by atoms with van der Waals surface area (Å²) in [4.78, 5) is 16.9. The smallest absolute Gasteiger partial charge is 0.257 e. The van der Waals surface area contributed by atoms with Gasteiger partial charge < -0.3 is 10.1 Å². The highest BCUT2D eigenvalue weighted by Gasteiger charge is 2.11. The first-order chi connectivity index (χ1) is 14.6. The van der Waals surface area contributed by atoms with Crippen molar-refractivity contribution in [2.45, 2.75) is 6.61 Å². The van der Waals surface area contributed by atoms with E-state index in [2.05, 4.69) is 15.6 Å². The first kappa shape index (κ1) is 19.9. The number of halogens is 1. The summed E-state index contributed by atoms with van der Waals surface area (Å²) in [6.07, 6.45) is 0. The molecule has 1 amide bonds. The van der Waals surface area contributed by atoms with Crippen molar-refractivity contribution in [1.82, 2.24) is 10.3 Å². The van der Waals surface area contributed by atoms with E-state index in [0.29, 0.717) is 33.3 Å². The predicted octanol–water partition coefficient (Wildman–Crippen LogP) is 5.14. The van der Waals surface area contributed by atoms with Gasteiger partial charge in [0.05, 0.1) is 10.2 Å². The number of nitrogens with one attached hydrogen (secondary N) is 2. The summed E-state index contributed by atoms with van der Waals surface area (Å²) < 4.78 is 19.8. The number of hydrogen-bond donors (Lipinski definition) is 2. The van der Waals surface area contributed by atoms with Crippen molar-refractivity contribution in [2.75, 3.05) is 5.32 Å². The van der Waals surface area contributed by atoms with Crippen LogP contribution in [-0.4, -0.2) is 16.0 Å². The summed E-state index contributed by atoms with van der Waals surface area (Å²) in [5.74, 6) is -0.119. The lowest BCUT2D eigenvalue weighted by atomic mass is 10.2. The Kier molecular flexibility index (Phi) is 5.97. The normalized spacial score (nSPS) is 10.6. The number of aromatic nitrogens is 1. The lowest BCUT2D eigenvalue weighted by Crippen LogP contribution is -2.34. The number of rotatable bonds is 5. The average Bonchev–Trinajstić information content (AvgIpc) is 3.14. The fourth-order valence-corrected chi connectivity index (χ4v) is 3.87. The van der Waals surface area contributed by atoms with Crippen LogP contribution in [0.1, 0.15) is 15.9 Å². The summed E-state index contributed by atoms with van der Waals surface area (Å²) in [5.41, 5.74) is 2.10. The van der Waals surface area contributed by atoms with Crippen LogP contribution in [0, 0.1) is 5.82 Å². The van der Waals surface area contributed by atoms with Crippen molar-refractivity contribution in [3.05, 3.63) is 89.7 Å². The van der Waals surface area contributed by atoms with Gasteiger partial charge in [-0.15, -0.1) is 0 Å². The maximum absolute atomic E-state index is 13.3. The van der Waals surface area contributed by atoms with E-state index in [1.54, 1.807) is 30.3 Å².